The van der Waals surface area contributed by atoms with Crippen molar-refractivity contribution in [2.75, 3.05) is 12.2 Å². The molecule has 0 saturated heterocycles. The molecule has 1 aliphatic carbocycles. The Morgan fingerprint density at radius 1 is 1.44 bits per heavy atom. The molecule has 1 fully saturated rings. The van der Waals surface area contributed by atoms with Crippen LogP contribution in [0.5, 0.6) is 0 Å². The van der Waals surface area contributed by atoms with Gasteiger partial charge in [-0.3, -0.25) is 9.63 Å². The Hall–Kier alpha value is -1.35. The molecule has 0 atom stereocenters. The maximum atomic E-state index is 11.6. The number of carbonyl (C=O) groups is 1. The first-order chi connectivity index (χ1) is 7.78. The summed E-state index contributed by atoms with van der Waals surface area (Å²) < 4.78 is 0. The van der Waals surface area contributed by atoms with E-state index in [4.69, 9.17) is 4.84 Å². The summed E-state index contributed by atoms with van der Waals surface area (Å²) >= 11 is 0. The second-order valence-electron chi connectivity index (χ2n) is 4.66. The number of hydrogen-bond acceptors (Lipinski definition) is 2. The van der Waals surface area contributed by atoms with Crippen molar-refractivity contribution >= 4 is 11.6 Å². The summed E-state index contributed by atoms with van der Waals surface area (Å²) in [5.41, 5.74) is 3.36. The molecule has 3 nitrogen and oxygen atoms in total. The molecule has 16 heavy (non-hydrogen) atoms. The maximum Gasteiger partial charge on any atom is 0.255 e. The number of benzene rings is 1. The number of carbonyl (C=O) groups excluding carboxylic acids is 1. The first-order valence-corrected chi connectivity index (χ1v) is 5.77. The van der Waals surface area contributed by atoms with Crippen LogP contribution in [0.1, 0.15) is 24.0 Å². The van der Waals surface area contributed by atoms with E-state index in [2.05, 4.69) is 12.1 Å². The second-order valence-corrected chi connectivity index (χ2v) is 4.66. The summed E-state index contributed by atoms with van der Waals surface area (Å²) in [7, 11) is 1.53. The number of amides is 1. The van der Waals surface area contributed by atoms with Crippen LogP contribution in [-0.2, 0) is 22.5 Å². The van der Waals surface area contributed by atoms with Crippen LogP contribution in [0, 0.1) is 5.92 Å². The molecule has 0 spiro atoms. The van der Waals surface area contributed by atoms with E-state index in [0.717, 1.165) is 23.6 Å². The molecule has 1 aromatic carbocycles. The average Bonchev–Trinajstić information content (AvgIpc) is 3.00. The molecule has 0 N–H and O–H groups in total. The Balaban J connectivity index is 1.88. The zero-order chi connectivity index (χ0) is 11.1. The van der Waals surface area contributed by atoms with E-state index in [1.54, 1.807) is 0 Å². The zero-order valence-corrected chi connectivity index (χ0v) is 9.40. The number of nitrogens with zero attached hydrogens (tertiary/aromatic N) is 1. The van der Waals surface area contributed by atoms with Gasteiger partial charge in [-0.15, -0.1) is 0 Å². The van der Waals surface area contributed by atoms with Gasteiger partial charge in [0.25, 0.3) is 5.91 Å². The fourth-order valence-corrected chi connectivity index (χ4v) is 2.33. The molecule has 84 valence electrons. The van der Waals surface area contributed by atoms with E-state index in [1.807, 2.05) is 6.07 Å². The minimum atomic E-state index is 0.0288. The van der Waals surface area contributed by atoms with Gasteiger partial charge in [0.05, 0.1) is 19.2 Å². The van der Waals surface area contributed by atoms with E-state index in [9.17, 15) is 4.79 Å². The highest BCUT2D eigenvalue weighted by molar-refractivity contribution is 5.99. The van der Waals surface area contributed by atoms with Crippen molar-refractivity contribution in [3.8, 4) is 0 Å². The minimum absolute atomic E-state index is 0.0288. The Labute approximate surface area is 95.0 Å². The summed E-state index contributed by atoms with van der Waals surface area (Å²) in [4.78, 5) is 16.7. The van der Waals surface area contributed by atoms with Crippen molar-refractivity contribution in [1.82, 2.24) is 0 Å². The van der Waals surface area contributed by atoms with E-state index < -0.39 is 0 Å². The largest absolute Gasteiger partial charge is 0.272 e. The molecule has 1 aromatic rings. The summed E-state index contributed by atoms with van der Waals surface area (Å²) in [6, 6.07) is 6.27. The van der Waals surface area contributed by atoms with Gasteiger partial charge < -0.3 is 0 Å². The molecular weight excluding hydrogens is 202 g/mol. The second kappa shape index (κ2) is 3.59. The van der Waals surface area contributed by atoms with Gasteiger partial charge in [0, 0.05) is 0 Å². The smallest absolute Gasteiger partial charge is 0.255 e. The summed E-state index contributed by atoms with van der Waals surface area (Å²) in [5.74, 6) is 0.912. The van der Waals surface area contributed by atoms with E-state index >= 15 is 0 Å². The van der Waals surface area contributed by atoms with Crippen molar-refractivity contribution in [2.24, 2.45) is 5.92 Å². The van der Waals surface area contributed by atoms with Crippen LogP contribution >= 0.6 is 0 Å². The van der Waals surface area contributed by atoms with Gasteiger partial charge in [0.15, 0.2) is 0 Å². The molecule has 0 bridgehead atoms. The first kappa shape index (κ1) is 9.85. The van der Waals surface area contributed by atoms with Crippen LogP contribution in [-0.4, -0.2) is 13.0 Å². The van der Waals surface area contributed by atoms with E-state index in [0.29, 0.717) is 6.42 Å². The van der Waals surface area contributed by atoms with Gasteiger partial charge in [0.1, 0.15) is 0 Å². The molecule has 1 amide bonds. The molecule has 3 heteroatoms. The third-order valence-corrected chi connectivity index (χ3v) is 3.33. The molecule has 0 aromatic heterocycles. The highest BCUT2D eigenvalue weighted by Gasteiger charge is 2.28. The summed E-state index contributed by atoms with van der Waals surface area (Å²) in [5, 5.41) is 1.39. The first-order valence-electron chi connectivity index (χ1n) is 5.77. The van der Waals surface area contributed by atoms with E-state index in [-0.39, 0.29) is 5.91 Å². The standard InChI is InChI=1S/C13H15NO2/c1-16-14-12-5-4-10(6-9-2-3-9)7-11(12)8-13(14)15/h4-5,7,9H,2-3,6,8H2,1H3. The van der Waals surface area contributed by atoms with Crippen LogP contribution in [0.15, 0.2) is 18.2 Å². The number of anilines is 1. The lowest BCUT2D eigenvalue weighted by molar-refractivity contribution is -0.123. The number of rotatable bonds is 3. The van der Waals surface area contributed by atoms with Crippen LogP contribution in [0.3, 0.4) is 0 Å². The normalized spacial score (nSPS) is 19.1. The highest BCUT2D eigenvalue weighted by atomic mass is 16.7. The topological polar surface area (TPSA) is 29.5 Å². The van der Waals surface area contributed by atoms with E-state index in [1.165, 1.54) is 30.6 Å². The fourth-order valence-electron chi connectivity index (χ4n) is 2.33. The minimum Gasteiger partial charge on any atom is -0.272 e. The number of hydrogen-bond donors (Lipinski definition) is 0. The van der Waals surface area contributed by atoms with Crippen LogP contribution in [0.2, 0.25) is 0 Å². The van der Waals surface area contributed by atoms with Crippen molar-refractivity contribution in [1.29, 1.82) is 0 Å². The average molecular weight is 217 g/mol. The lowest BCUT2D eigenvalue weighted by Crippen LogP contribution is -2.24. The lowest BCUT2D eigenvalue weighted by atomic mass is 10.0. The van der Waals surface area contributed by atoms with Crippen LogP contribution in [0.25, 0.3) is 0 Å². The molecule has 0 radical (unpaired) electrons. The molecular formula is C13H15NO2. The van der Waals surface area contributed by atoms with Gasteiger partial charge in [-0.1, -0.05) is 12.1 Å². The lowest BCUT2D eigenvalue weighted by Gasteiger charge is -2.13. The van der Waals surface area contributed by atoms with Crippen molar-refractivity contribution in [3.63, 3.8) is 0 Å². The number of hydroxylamine groups is 1. The van der Waals surface area contributed by atoms with Gasteiger partial charge in [-0.05, 0) is 42.4 Å². The molecule has 2 aliphatic rings. The predicted octanol–water partition coefficient (Wildman–Crippen LogP) is 2.09. The molecule has 0 unspecified atom stereocenters. The summed E-state index contributed by atoms with van der Waals surface area (Å²) in [6.45, 7) is 0. The SMILES string of the molecule is CON1C(=O)Cc2cc(CC3CC3)ccc21. The van der Waals surface area contributed by atoms with Crippen molar-refractivity contribution in [2.45, 2.75) is 25.7 Å². The highest BCUT2D eigenvalue weighted by Crippen LogP contribution is 2.35. The van der Waals surface area contributed by atoms with Gasteiger partial charge in [-0.2, -0.15) is 5.06 Å². The Morgan fingerprint density at radius 3 is 2.94 bits per heavy atom. The molecule has 1 saturated carbocycles. The van der Waals surface area contributed by atoms with Gasteiger partial charge >= 0.3 is 0 Å². The molecule has 1 aliphatic heterocycles. The van der Waals surface area contributed by atoms with Gasteiger partial charge in [-0.25, -0.2) is 0 Å². The Kier molecular flexibility index (Phi) is 2.21. The Bertz CT molecular complexity index is 438. The zero-order valence-electron chi connectivity index (χ0n) is 9.40. The molecule has 1 heterocycles. The quantitative estimate of drug-likeness (QED) is 0.776. The molecule has 3 rings (SSSR count). The predicted molar refractivity (Wildman–Crippen MR) is 61.1 cm³/mol. The van der Waals surface area contributed by atoms with Crippen molar-refractivity contribution in [3.05, 3.63) is 29.3 Å². The monoisotopic (exact) mass is 217 g/mol. The maximum absolute atomic E-state index is 11.6. The van der Waals surface area contributed by atoms with Crippen LogP contribution < -0.4 is 5.06 Å². The number of fused-ring (bicyclic) bond motifs is 1. The third kappa shape index (κ3) is 1.61. The van der Waals surface area contributed by atoms with Crippen molar-refractivity contribution < 1.29 is 9.63 Å². The Morgan fingerprint density at radius 2 is 2.25 bits per heavy atom. The summed E-state index contributed by atoms with van der Waals surface area (Å²) in [6.07, 6.45) is 4.36. The third-order valence-electron chi connectivity index (χ3n) is 3.33. The fraction of sp³-hybridized carbons (Fsp3) is 0.462. The van der Waals surface area contributed by atoms with Gasteiger partial charge in [0.2, 0.25) is 0 Å². The van der Waals surface area contributed by atoms with Crippen LogP contribution in [0.4, 0.5) is 5.69 Å².